The lowest BCUT2D eigenvalue weighted by Gasteiger charge is -2.29. The van der Waals surface area contributed by atoms with Gasteiger partial charge in [-0.1, -0.05) is 76.2 Å². The Morgan fingerprint density at radius 3 is 2.59 bits per heavy atom. The second-order valence-corrected chi connectivity index (χ2v) is 14.1. The van der Waals surface area contributed by atoms with Gasteiger partial charge in [0.05, 0.1) is 0 Å². The van der Waals surface area contributed by atoms with Crippen molar-refractivity contribution < 1.29 is 28.6 Å². The predicted molar refractivity (Wildman–Crippen MR) is 181 cm³/mol. The summed E-state index contributed by atoms with van der Waals surface area (Å²) >= 11 is 0. The molecule has 4 bridgehead atoms. The Kier molecular flexibility index (Phi) is 7.29. The summed E-state index contributed by atoms with van der Waals surface area (Å²) in [6.07, 6.45) is -1.06. The number of para-hydroxylation sites is 2. The largest absolute Gasteiger partial charge is 0.469 e. The van der Waals surface area contributed by atoms with Crippen LogP contribution in [-0.2, 0) is 27.8 Å². The number of nitrogens with zero attached hydrogens (tertiary/aromatic N) is 2. The number of hydrogen-bond donors (Lipinski definition) is 4. The van der Waals surface area contributed by atoms with Gasteiger partial charge in [0.25, 0.3) is 5.91 Å². The molecule has 11 heteroatoms. The molecule has 11 nitrogen and oxygen atoms in total. The molecule has 5 heterocycles. The van der Waals surface area contributed by atoms with E-state index in [2.05, 4.69) is 16.0 Å². The second kappa shape index (κ2) is 11.5. The quantitative estimate of drug-likeness (QED) is 0.249. The van der Waals surface area contributed by atoms with E-state index in [0.717, 1.165) is 40.0 Å². The van der Waals surface area contributed by atoms with E-state index in [0.29, 0.717) is 18.1 Å². The number of aromatic nitrogens is 1. The van der Waals surface area contributed by atoms with Crippen LogP contribution in [0.2, 0.25) is 0 Å². The van der Waals surface area contributed by atoms with Crippen LogP contribution in [0, 0.1) is 11.8 Å². The fourth-order valence-corrected chi connectivity index (χ4v) is 7.68. The second-order valence-electron chi connectivity index (χ2n) is 14.1. The van der Waals surface area contributed by atoms with E-state index in [1.165, 1.54) is 0 Å². The van der Waals surface area contributed by atoms with Gasteiger partial charge in [-0.15, -0.1) is 0 Å². The van der Waals surface area contributed by atoms with Crippen molar-refractivity contribution in [1.82, 2.24) is 15.6 Å². The fourth-order valence-electron chi connectivity index (χ4n) is 7.68. The Bertz CT molecular complexity index is 2000. The summed E-state index contributed by atoms with van der Waals surface area (Å²) in [7, 11) is 0. The highest BCUT2D eigenvalue weighted by atomic mass is 16.5. The van der Waals surface area contributed by atoms with Crippen LogP contribution in [0.4, 0.5) is 11.4 Å². The van der Waals surface area contributed by atoms with Crippen LogP contribution in [0.25, 0.3) is 0 Å². The summed E-state index contributed by atoms with van der Waals surface area (Å²) in [5.41, 5.74) is 4.21. The monoisotopic (exact) mass is 661 g/mol. The number of carbonyl (C=O) groups excluding carboxylic acids is 3. The van der Waals surface area contributed by atoms with Crippen LogP contribution in [0.3, 0.4) is 0 Å². The Morgan fingerprint density at radius 1 is 1.02 bits per heavy atom. The first kappa shape index (κ1) is 31.1. The molecule has 1 aromatic heterocycles. The fraction of sp³-hybridized carbons (Fsp3) is 0.368. The number of fused-ring (bicyclic) bond motifs is 5. The number of rotatable bonds is 5. The number of amides is 3. The molecule has 3 amide bonds. The van der Waals surface area contributed by atoms with Crippen molar-refractivity contribution in [3.63, 3.8) is 0 Å². The van der Waals surface area contributed by atoms with Crippen molar-refractivity contribution in [3.8, 4) is 5.75 Å². The summed E-state index contributed by atoms with van der Waals surface area (Å²) in [4.78, 5) is 48.6. The summed E-state index contributed by atoms with van der Waals surface area (Å²) in [6.45, 7) is 7.84. The van der Waals surface area contributed by atoms with Gasteiger partial charge in [0, 0.05) is 29.9 Å². The average molecular weight is 662 g/mol. The third kappa shape index (κ3) is 4.74. The van der Waals surface area contributed by atoms with Gasteiger partial charge in [-0.05, 0) is 53.1 Å². The molecule has 5 atom stereocenters. The number of aliphatic hydroxyl groups is 1. The molecule has 4 aliphatic heterocycles. The van der Waals surface area contributed by atoms with Gasteiger partial charge < -0.3 is 35.1 Å². The van der Waals surface area contributed by atoms with E-state index in [9.17, 15) is 19.5 Å². The summed E-state index contributed by atoms with van der Waals surface area (Å²) in [5, 5.41) is 19.9. The Labute approximate surface area is 284 Å². The van der Waals surface area contributed by atoms with E-state index in [1.807, 2.05) is 80.6 Å². The summed E-state index contributed by atoms with van der Waals surface area (Å²) in [5.74, 6) is -0.792. The van der Waals surface area contributed by atoms with Crippen LogP contribution < -0.4 is 25.6 Å². The molecule has 1 spiro atoms. The molecule has 8 rings (SSSR count). The normalized spacial score (nSPS) is 23.8. The third-order valence-corrected chi connectivity index (χ3v) is 10.3. The smallest absolute Gasteiger partial charge is 0.280 e. The van der Waals surface area contributed by atoms with Crippen LogP contribution >= 0.6 is 0 Å². The van der Waals surface area contributed by atoms with Gasteiger partial charge in [-0.25, -0.2) is 4.98 Å². The summed E-state index contributed by atoms with van der Waals surface area (Å²) in [6, 6.07) is 19.7. The molecule has 0 saturated carbocycles. The highest BCUT2D eigenvalue weighted by Crippen LogP contribution is 2.58. The van der Waals surface area contributed by atoms with Gasteiger partial charge >= 0.3 is 0 Å². The average Bonchev–Trinajstić information content (AvgIpc) is 3.85. The van der Waals surface area contributed by atoms with E-state index >= 15 is 0 Å². The molecule has 4 aliphatic rings. The maximum atomic E-state index is 14.8. The van der Waals surface area contributed by atoms with Crippen molar-refractivity contribution >= 4 is 29.1 Å². The molecular weight excluding hydrogens is 622 g/mol. The van der Waals surface area contributed by atoms with Crippen LogP contribution in [-0.4, -0.2) is 52.7 Å². The van der Waals surface area contributed by atoms with E-state index in [1.54, 1.807) is 18.7 Å². The number of carbonyl (C=O) groups is 3. The maximum Gasteiger partial charge on any atom is 0.280 e. The zero-order valence-electron chi connectivity index (χ0n) is 27.8. The molecule has 0 fully saturated rings. The highest BCUT2D eigenvalue weighted by Gasteiger charge is 2.61. The number of ether oxygens (including phenoxy) is 1. The van der Waals surface area contributed by atoms with E-state index < -0.39 is 41.6 Å². The van der Waals surface area contributed by atoms with Crippen molar-refractivity contribution in [2.75, 3.05) is 16.8 Å². The molecule has 252 valence electrons. The SMILES string of the molecule is CC(C)[C@H](O)C(=O)N[C@H]1Cc2ccc3c(c2)[C@@]2(c4ccccc4NC2O3)c2oc(nc2C(=O)N2CCc3ccccc32)[C@H](C(C)C)NC1=O. The number of benzene rings is 3. The standard InChI is InChI=1S/C38H39N5O6/c1-19(2)29-35-42-30(36(47)43-16-15-22-9-5-8-12-27(22)43)32(49-35)38-23-10-6-7-11-25(23)40-37(38)48-28-14-13-21(17-24(28)38)18-26(33(45)41-29)39-34(46)31(44)20(3)4/h5-14,17,19-20,26,29,31,37,40,44H,15-16,18H2,1-4H3,(H,39,46)(H,41,45)/t26-,29-,31-,37?,38-/m0/s1. The number of anilines is 2. The molecule has 1 unspecified atom stereocenters. The maximum absolute atomic E-state index is 14.8. The zero-order valence-corrected chi connectivity index (χ0v) is 27.8. The zero-order chi connectivity index (χ0) is 34.2. The van der Waals surface area contributed by atoms with Crippen molar-refractivity contribution in [2.24, 2.45) is 11.8 Å². The third-order valence-electron chi connectivity index (χ3n) is 10.3. The van der Waals surface area contributed by atoms with Crippen LogP contribution in [0.15, 0.2) is 71.1 Å². The number of nitrogens with one attached hydrogen (secondary N) is 3. The first-order chi connectivity index (χ1) is 23.6. The highest BCUT2D eigenvalue weighted by molar-refractivity contribution is 6.07. The van der Waals surface area contributed by atoms with Gasteiger partial charge in [-0.3, -0.25) is 14.4 Å². The number of oxazole rings is 1. The van der Waals surface area contributed by atoms with Crippen molar-refractivity contribution in [1.29, 1.82) is 0 Å². The van der Waals surface area contributed by atoms with Gasteiger partial charge in [0.2, 0.25) is 17.7 Å². The lowest BCUT2D eigenvalue weighted by Crippen LogP contribution is -2.52. The Hall–Kier alpha value is -5.16. The molecule has 4 N–H and O–H groups in total. The number of aliphatic hydroxyl groups excluding tert-OH is 1. The topological polar surface area (TPSA) is 146 Å². The molecule has 0 radical (unpaired) electrons. The molecule has 4 aromatic rings. The number of hydrogen-bond acceptors (Lipinski definition) is 8. The molecule has 0 saturated heterocycles. The Morgan fingerprint density at radius 2 is 1.80 bits per heavy atom. The van der Waals surface area contributed by atoms with Gasteiger partial charge in [0.1, 0.15) is 29.4 Å². The summed E-state index contributed by atoms with van der Waals surface area (Å²) < 4.78 is 13.5. The molecule has 3 aromatic carbocycles. The minimum absolute atomic E-state index is 0.152. The molecule has 0 aliphatic carbocycles. The van der Waals surface area contributed by atoms with Gasteiger partial charge in [0.15, 0.2) is 17.7 Å². The van der Waals surface area contributed by atoms with E-state index in [4.69, 9.17) is 14.1 Å². The molecular formula is C38H39N5O6. The Balaban J connectivity index is 1.35. The van der Waals surface area contributed by atoms with Crippen LogP contribution in [0.1, 0.15) is 78.1 Å². The lowest BCUT2D eigenvalue weighted by atomic mass is 9.72. The minimum Gasteiger partial charge on any atom is -0.469 e. The van der Waals surface area contributed by atoms with Gasteiger partial charge in [-0.2, -0.15) is 0 Å². The molecule has 49 heavy (non-hydrogen) atoms. The van der Waals surface area contributed by atoms with E-state index in [-0.39, 0.29) is 35.7 Å². The lowest BCUT2D eigenvalue weighted by molar-refractivity contribution is -0.135. The van der Waals surface area contributed by atoms with Crippen molar-refractivity contribution in [2.45, 2.75) is 70.4 Å². The van der Waals surface area contributed by atoms with Crippen molar-refractivity contribution in [3.05, 3.63) is 106 Å². The predicted octanol–water partition coefficient (Wildman–Crippen LogP) is 4.23. The first-order valence-electron chi connectivity index (χ1n) is 16.9. The minimum atomic E-state index is -1.29. The van der Waals surface area contributed by atoms with Crippen LogP contribution in [0.5, 0.6) is 5.75 Å². The first-order valence-corrected chi connectivity index (χ1v) is 16.9.